The van der Waals surface area contributed by atoms with Crippen molar-refractivity contribution >= 4 is 27.6 Å². The molecule has 0 aliphatic heterocycles. The number of nitrogens with two attached hydrogens (primary N) is 1. The molecule has 1 aromatic heterocycles. The number of halogens is 1. The van der Waals surface area contributed by atoms with Gasteiger partial charge in [0.05, 0.1) is 6.20 Å². The Kier molecular flexibility index (Phi) is 3.66. The topological polar surface area (TPSA) is 98.2 Å². The maximum absolute atomic E-state index is 11.9. The summed E-state index contributed by atoms with van der Waals surface area (Å²) >= 11 is 3.31. The summed E-state index contributed by atoms with van der Waals surface area (Å²) in [4.78, 5) is 26.8. The maximum atomic E-state index is 11.9. The van der Waals surface area contributed by atoms with Crippen LogP contribution >= 0.6 is 15.9 Å². The summed E-state index contributed by atoms with van der Waals surface area (Å²) in [5, 5.41) is 8.87. The number of hydrogen-bond donors (Lipinski definition) is 2. The van der Waals surface area contributed by atoms with Crippen molar-refractivity contribution in [1.29, 1.82) is 0 Å². The number of carbonyl (C=O) groups is 1. The first-order valence-electron chi connectivity index (χ1n) is 5.32. The summed E-state index contributed by atoms with van der Waals surface area (Å²) in [6.07, 6.45) is 1.23. The molecule has 0 unspecified atom stereocenters. The number of rotatable bonds is 3. The quantitative estimate of drug-likeness (QED) is 0.888. The number of aliphatic carboxylic acids is 1. The van der Waals surface area contributed by atoms with E-state index in [0.29, 0.717) is 5.56 Å². The summed E-state index contributed by atoms with van der Waals surface area (Å²) in [7, 11) is 0. The molecule has 0 spiro atoms. The second-order valence-electron chi connectivity index (χ2n) is 3.83. The van der Waals surface area contributed by atoms with E-state index < -0.39 is 18.1 Å². The van der Waals surface area contributed by atoms with Crippen LogP contribution in [-0.4, -0.2) is 20.6 Å². The van der Waals surface area contributed by atoms with E-state index in [-0.39, 0.29) is 11.5 Å². The fraction of sp³-hybridized carbons (Fsp3) is 0.0833. The molecular weight excluding hydrogens is 314 g/mol. The van der Waals surface area contributed by atoms with Gasteiger partial charge in [0.25, 0.3) is 5.56 Å². The second kappa shape index (κ2) is 5.23. The number of anilines is 1. The smallest absolute Gasteiger partial charge is 0.323 e. The van der Waals surface area contributed by atoms with Crippen LogP contribution in [0.3, 0.4) is 0 Å². The Bertz CT molecular complexity index is 697. The van der Waals surface area contributed by atoms with Crippen molar-refractivity contribution < 1.29 is 9.90 Å². The van der Waals surface area contributed by atoms with Crippen molar-refractivity contribution in [2.75, 3.05) is 5.73 Å². The van der Waals surface area contributed by atoms with Crippen molar-refractivity contribution in [2.45, 2.75) is 6.54 Å². The van der Waals surface area contributed by atoms with Crippen LogP contribution in [0.1, 0.15) is 0 Å². The van der Waals surface area contributed by atoms with Crippen LogP contribution in [0.25, 0.3) is 11.4 Å². The number of aromatic nitrogens is 2. The van der Waals surface area contributed by atoms with E-state index in [0.717, 1.165) is 9.04 Å². The SMILES string of the molecule is Nc1cnc(-c2cccc(Br)c2)n(CC(=O)O)c1=O. The molecule has 0 bridgehead atoms. The molecule has 98 valence electrons. The largest absolute Gasteiger partial charge is 0.480 e. The Labute approximate surface area is 116 Å². The van der Waals surface area contributed by atoms with Crippen molar-refractivity contribution in [1.82, 2.24) is 9.55 Å². The summed E-state index contributed by atoms with van der Waals surface area (Å²) < 4.78 is 1.84. The van der Waals surface area contributed by atoms with Crippen LogP contribution in [-0.2, 0) is 11.3 Å². The van der Waals surface area contributed by atoms with E-state index in [2.05, 4.69) is 20.9 Å². The summed E-state index contributed by atoms with van der Waals surface area (Å²) in [5.41, 5.74) is 5.46. The molecule has 0 radical (unpaired) electrons. The average molecular weight is 324 g/mol. The number of hydrogen-bond acceptors (Lipinski definition) is 4. The zero-order valence-electron chi connectivity index (χ0n) is 9.71. The van der Waals surface area contributed by atoms with Crippen molar-refractivity contribution in [3.8, 4) is 11.4 Å². The lowest BCUT2D eigenvalue weighted by atomic mass is 10.2. The van der Waals surface area contributed by atoms with Gasteiger partial charge in [0.15, 0.2) is 0 Å². The normalized spacial score (nSPS) is 10.4. The summed E-state index contributed by atoms with van der Waals surface area (Å²) in [6, 6.07) is 7.07. The van der Waals surface area contributed by atoms with Crippen molar-refractivity contribution in [3.63, 3.8) is 0 Å². The van der Waals surface area contributed by atoms with Crippen LogP contribution in [0.2, 0.25) is 0 Å². The molecule has 0 fully saturated rings. The molecule has 7 heteroatoms. The highest BCUT2D eigenvalue weighted by molar-refractivity contribution is 9.10. The monoisotopic (exact) mass is 323 g/mol. The molecule has 0 amide bonds. The molecule has 0 aliphatic carbocycles. The van der Waals surface area contributed by atoms with E-state index >= 15 is 0 Å². The van der Waals surface area contributed by atoms with Crippen molar-refractivity contribution in [2.24, 2.45) is 0 Å². The Hall–Kier alpha value is -2.15. The minimum atomic E-state index is -1.13. The van der Waals surface area contributed by atoms with Gasteiger partial charge in [-0.1, -0.05) is 28.1 Å². The van der Waals surface area contributed by atoms with Gasteiger partial charge in [-0.15, -0.1) is 0 Å². The molecule has 0 atom stereocenters. The first-order chi connectivity index (χ1) is 8.99. The molecule has 6 nitrogen and oxygen atoms in total. The van der Waals surface area contributed by atoms with Crippen LogP contribution in [0, 0.1) is 0 Å². The lowest BCUT2D eigenvalue weighted by Gasteiger charge is -2.10. The second-order valence-corrected chi connectivity index (χ2v) is 4.75. The van der Waals surface area contributed by atoms with Crippen LogP contribution in [0.15, 0.2) is 39.7 Å². The van der Waals surface area contributed by atoms with Crippen LogP contribution in [0.4, 0.5) is 5.69 Å². The van der Waals surface area contributed by atoms with Crippen LogP contribution < -0.4 is 11.3 Å². The minimum absolute atomic E-state index is 0.0833. The number of carboxylic acid groups (broad SMARTS) is 1. The summed E-state index contributed by atoms with van der Waals surface area (Å²) in [6.45, 7) is -0.487. The fourth-order valence-electron chi connectivity index (χ4n) is 1.65. The molecule has 0 aliphatic rings. The van der Waals surface area contributed by atoms with Gasteiger partial charge >= 0.3 is 5.97 Å². The molecule has 0 saturated heterocycles. The Balaban J connectivity index is 2.66. The number of carboxylic acids is 1. The lowest BCUT2D eigenvalue weighted by molar-refractivity contribution is -0.137. The fourth-order valence-corrected chi connectivity index (χ4v) is 2.05. The molecule has 2 rings (SSSR count). The van der Waals surface area contributed by atoms with Gasteiger partial charge in [0, 0.05) is 10.0 Å². The highest BCUT2D eigenvalue weighted by Gasteiger charge is 2.13. The first-order valence-corrected chi connectivity index (χ1v) is 6.11. The van der Waals surface area contributed by atoms with Gasteiger partial charge in [-0.05, 0) is 12.1 Å². The minimum Gasteiger partial charge on any atom is -0.480 e. The highest BCUT2D eigenvalue weighted by atomic mass is 79.9. The Morgan fingerprint density at radius 3 is 2.84 bits per heavy atom. The number of nitrogens with zero attached hydrogens (tertiary/aromatic N) is 2. The lowest BCUT2D eigenvalue weighted by Crippen LogP contribution is -2.28. The van der Waals surface area contributed by atoms with E-state index in [4.69, 9.17) is 10.8 Å². The molecule has 1 heterocycles. The Morgan fingerprint density at radius 1 is 1.47 bits per heavy atom. The van der Waals surface area contributed by atoms with Crippen LogP contribution in [0.5, 0.6) is 0 Å². The molecule has 2 aromatic rings. The zero-order chi connectivity index (χ0) is 14.0. The van der Waals surface area contributed by atoms with Gasteiger partial charge in [-0.2, -0.15) is 0 Å². The van der Waals surface area contributed by atoms with Gasteiger partial charge in [-0.3, -0.25) is 14.2 Å². The molecule has 0 saturated carbocycles. The van der Waals surface area contributed by atoms with Crippen molar-refractivity contribution in [3.05, 3.63) is 45.3 Å². The van der Waals surface area contributed by atoms with Gasteiger partial charge < -0.3 is 10.8 Å². The first kappa shape index (κ1) is 13.3. The van der Waals surface area contributed by atoms with E-state index in [1.807, 2.05) is 6.07 Å². The Morgan fingerprint density at radius 2 is 2.21 bits per heavy atom. The molecule has 3 N–H and O–H groups in total. The molecule has 19 heavy (non-hydrogen) atoms. The molecular formula is C12H10BrN3O3. The predicted molar refractivity (Wildman–Crippen MR) is 73.7 cm³/mol. The standard InChI is InChI=1S/C12H10BrN3O3/c13-8-3-1-2-7(4-8)11-15-5-9(14)12(19)16(11)6-10(17)18/h1-5H,6,14H2,(H,17,18). The van der Waals surface area contributed by atoms with Gasteiger partial charge in [-0.25, -0.2) is 4.98 Å². The zero-order valence-corrected chi connectivity index (χ0v) is 11.3. The summed E-state index contributed by atoms with van der Waals surface area (Å²) in [5.74, 6) is -0.867. The highest BCUT2D eigenvalue weighted by Crippen LogP contribution is 2.20. The van der Waals surface area contributed by atoms with E-state index in [1.54, 1.807) is 18.2 Å². The molecule has 1 aromatic carbocycles. The maximum Gasteiger partial charge on any atom is 0.323 e. The predicted octanol–water partition coefficient (Wildman–Crippen LogP) is 1.34. The van der Waals surface area contributed by atoms with E-state index in [9.17, 15) is 9.59 Å². The van der Waals surface area contributed by atoms with Gasteiger partial charge in [0.1, 0.15) is 18.1 Å². The third kappa shape index (κ3) is 2.82. The number of benzene rings is 1. The number of nitrogen functional groups attached to an aromatic ring is 1. The van der Waals surface area contributed by atoms with Gasteiger partial charge in [0.2, 0.25) is 0 Å². The third-order valence-electron chi connectivity index (χ3n) is 2.45. The van der Waals surface area contributed by atoms with E-state index in [1.165, 1.54) is 6.20 Å². The third-order valence-corrected chi connectivity index (χ3v) is 2.94. The average Bonchev–Trinajstić information content (AvgIpc) is 2.35.